The van der Waals surface area contributed by atoms with Crippen LogP contribution >= 0.6 is 15.9 Å². The summed E-state index contributed by atoms with van der Waals surface area (Å²) in [6.45, 7) is 5.45. The molecule has 1 saturated carbocycles. The molecule has 1 aliphatic carbocycles. The molecule has 0 saturated heterocycles. The fourth-order valence-corrected chi connectivity index (χ4v) is 2.58. The van der Waals surface area contributed by atoms with Crippen LogP contribution in [0.4, 0.5) is 9.18 Å². The first-order chi connectivity index (χ1) is 9.24. The molecule has 0 radical (unpaired) electrons. The highest BCUT2D eigenvalue weighted by Gasteiger charge is 2.34. The van der Waals surface area contributed by atoms with Crippen molar-refractivity contribution < 1.29 is 13.9 Å². The van der Waals surface area contributed by atoms with Crippen LogP contribution in [-0.2, 0) is 4.74 Å². The molecular formula is C15H19BrFNO2. The van der Waals surface area contributed by atoms with Gasteiger partial charge in [-0.3, -0.25) is 0 Å². The van der Waals surface area contributed by atoms with Crippen molar-refractivity contribution in [3.8, 4) is 0 Å². The average Bonchev–Trinajstić information content (AvgIpc) is 3.05. The predicted octanol–water partition coefficient (Wildman–Crippen LogP) is 4.56. The summed E-state index contributed by atoms with van der Waals surface area (Å²) < 4.78 is 19.4. The number of rotatable bonds is 3. The molecule has 110 valence electrons. The highest BCUT2D eigenvalue weighted by molar-refractivity contribution is 9.10. The van der Waals surface area contributed by atoms with E-state index in [-0.39, 0.29) is 11.9 Å². The highest BCUT2D eigenvalue weighted by Crippen LogP contribution is 2.41. The van der Waals surface area contributed by atoms with Crippen LogP contribution in [0.15, 0.2) is 22.7 Å². The second kappa shape index (κ2) is 5.72. The quantitative estimate of drug-likeness (QED) is 0.873. The molecule has 0 aliphatic heterocycles. The lowest BCUT2D eigenvalue weighted by atomic mass is 10.0. The van der Waals surface area contributed by atoms with Gasteiger partial charge in [-0.1, -0.05) is 15.9 Å². The topological polar surface area (TPSA) is 38.3 Å². The molecule has 1 aromatic rings. The Morgan fingerprint density at radius 2 is 2.05 bits per heavy atom. The minimum absolute atomic E-state index is 0.197. The lowest BCUT2D eigenvalue weighted by Crippen LogP contribution is -2.35. The van der Waals surface area contributed by atoms with Gasteiger partial charge in [0.1, 0.15) is 11.4 Å². The Labute approximate surface area is 127 Å². The van der Waals surface area contributed by atoms with Gasteiger partial charge in [-0.25, -0.2) is 9.18 Å². The molecule has 1 atom stereocenters. The first kappa shape index (κ1) is 15.3. The Bertz CT molecular complexity index is 489. The maximum Gasteiger partial charge on any atom is 0.408 e. The summed E-state index contributed by atoms with van der Waals surface area (Å²) in [7, 11) is 0. The highest BCUT2D eigenvalue weighted by atomic mass is 79.9. The Kier molecular flexibility index (Phi) is 4.37. The fraction of sp³-hybridized carbons (Fsp3) is 0.533. The second-order valence-electron chi connectivity index (χ2n) is 6.16. The van der Waals surface area contributed by atoms with E-state index in [1.54, 1.807) is 0 Å². The molecule has 1 fully saturated rings. The monoisotopic (exact) mass is 343 g/mol. The second-order valence-corrected chi connectivity index (χ2v) is 7.08. The Morgan fingerprint density at radius 3 is 2.55 bits per heavy atom. The molecule has 1 aliphatic rings. The van der Waals surface area contributed by atoms with E-state index in [9.17, 15) is 9.18 Å². The molecule has 2 rings (SSSR count). The van der Waals surface area contributed by atoms with E-state index in [4.69, 9.17) is 4.74 Å². The van der Waals surface area contributed by atoms with E-state index in [1.807, 2.05) is 26.8 Å². The molecule has 0 heterocycles. The number of amides is 1. The van der Waals surface area contributed by atoms with E-state index in [0.29, 0.717) is 10.4 Å². The van der Waals surface area contributed by atoms with Crippen molar-refractivity contribution in [3.63, 3.8) is 0 Å². The van der Waals surface area contributed by atoms with E-state index in [1.165, 1.54) is 12.1 Å². The lowest BCUT2D eigenvalue weighted by molar-refractivity contribution is 0.0497. The van der Waals surface area contributed by atoms with Crippen LogP contribution < -0.4 is 5.32 Å². The molecule has 1 amide bonds. The first-order valence-electron chi connectivity index (χ1n) is 6.70. The van der Waals surface area contributed by atoms with Gasteiger partial charge < -0.3 is 10.1 Å². The Morgan fingerprint density at radius 1 is 1.40 bits per heavy atom. The van der Waals surface area contributed by atoms with Crippen LogP contribution in [0.2, 0.25) is 0 Å². The Balaban J connectivity index is 2.13. The largest absolute Gasteiger partial charge is 0.444 e. The normalized spacial score (nSPS) is 16.6. The van der Waals surface area contributed by atoms with Gasteiger partial charge in [0.15, 0.2) is 0 Å². The lowest BCUT2D eigenvalue weighted by Gasteiger charge is -2.24. The molecule has 0 spiro atoms. The van der Waals surface area contributed by atoms with Crippen molar-refractivity contribution >= 4 is 22.0 Å². The number of ether oxygens (including phenoxy) is 1. The summed E-state index contributed by atoms with van der Waals surface area (Å²) in [6, 6.07) is 4.51. The molecule has 1 aromatic carbocycles. The summed E-state index contributed by atoms with van der Waals surface area (Å²) in [6.07, 6.45) is 1.61. The summed E-state index contributed by atoms with van der Waals surface area (Å²) in [4.78, 5) is 11.9. The number of halogens is 2. The van der Waals surface area contributed by atoms with Crippen molar-refractivity contribution in [3.05, 3.63) is 34.1 Å². The Hall–Kier alpha value is -1.10. The van der Waals surface area contributed by atoms with Gasteiger partial charge in [0.2, 0.25) is 0 Å². The van der Waals surface area contributed by atoms with Crippen LogP contribution in [0.25, 0.3) is 0 Å². The number of hydrogen-bond acceptors (Lipinski definition) is 2. The van der Waals surface area contributed by atoms with E-state index < -0.39 is 11.7 Å². The van der Waals surface area contributed by atoms with Crippen LogP contribution in [0.3, 0.4) is 0 Å². The van der Waals surface area contributed by atoms with Gasteiger partial charge in [-0.15, -0.1) is 0 Å². The van der Waals surface area contributed by atoms with Gasteiger partial charge in [-0.2, -0.15) is 0 Å². The third-order valence-corrected chi connectivity index (χ3v) is 3.47. The number of benzene rings is 1. The zero-order valence-electron chi connectivity index (χ0n) is 11.9. The average molecular weight is 344 g/mol. The molecular weight excluding hydrogens is 325 g/mol. The van der Waals surface area contributed by atoms with Gasteiger partial charge >= 0.3 is 6.09 Å². The molecule has 0 aromatic heterocycles. The van der Waals surface area contributed by atoms with Crippen molar-refractivity contribution in [2.75, 3.05) is 0 Å². The number of hydrogen-bond donors (Lipinski definition) is 1. The summed E-state index contributed by atoms with van der Waals surface area (Å²) in [5.74, 6) is 0.0437. The van der Waals surface area contributed by atoms with Gasteiger partial charge in [-0.05, 0) is 63.3 Å². The molecule has 1 N–H and O–H groups in total. The third-order valence-electron chi connectivity index (χ3n) is 3.01. The van der Waals surface area contributed by atoms with Gasteiger partial charge in [0, 0.05) is 4.47 Å². The van der Waals surface area contributed by atoms with Crippen molar-refractivity contribution in [1.82, 2.24) is 5.32 Å². The predicted molar refractivity (Wildman–Crippen MR) is 78.9 cm³/mol. The van der Waals surface area contributed by atoms with E-state index in [0.717, 1.165) is 18.4 Å². The van der Waals surface area contributed by atoms with Crippen LogP contribution in [0.5, 0.6) is 0 Å². The van der Waals surface area contributed by atoms with E-state index in [2.05, 4.69) is 21.2 Å². The van der Waals surface area contributed by atoms with Crippen LogP contribution in [0, 0.1) is 11.7 Å². The molecule has 1 unspecified atom stereocenters. The molecule has 5 heteroatoms. The third kappa shape index (κ3) is 4.47. The van der Waals surface area contributed by atoms with Crippen molar-refractivity contribution in [2.45, 2.75) is 45.3 Å². The maximum atomic E-state index is 13.5. The molecule has 3 nitrogen and oxygen atoms in total. The number of carbonyl (C=O) groups excluding carboxylic acids is 1. The minimum atomic E-state index is -0.541. The van der Waals surface area contributed by atoms with Crippen LogP contribution in [0.1, 0.15) is 45.2 Å². The minimum Gasteiger partial charge on any atom is -0.444 e. The van der Waals surface area contributed by atoms with Crippen molar-refractivity contribution in [2.24, 2.45) is 5.92 Å². The van der Waals surface area contributed by atoms with E-state index >= 15 is 0 Å². The van der Waals surface area contributed by atoms with Gasteiger partial charge in [0.25, 0.3) is 0 Å². The smallest absolute Gasteiger partial charge is 0.408 e. The standard InChI is InChI=1S/C15H19BrFNO2/c1-15(2,3)20-14(19)18-13(9-4-5-9)10-6-11(16)8-12(17)7-10/h6-9,13H,4-5H2,1-3H3,(H,18,19). The number of carbonyl (C=O) groups is 1. The summed E-state index contributed by atoms with van der Waals surface area (Å²) in [5.41, 5.74) is 0.228. The summed E-state index contributed by atoms with van der Waals surface area (Å²) >= 11 is 3.28. The van der Waals surface area contributed by atoms with Crippen LogP contribution in [-0.4, -0.2) is 11.7 Å². The van der Waals surface area contributed by atoms with Gasteiger partial charge in [0.05, 0.1) is 6.04 Å². The fourth-order valence-electron chi connectivity index (χ4n) is 2.09. The zero-order chi connectivity index (χ0) is 14.9. The first-order valence-corrected chi connectivity index (χ1v) is 7.49. The number of alkyl carbamates (subject to hydrolysis) is 1. The SMILES string of the molecule is CC(C)(C)OC(=O)NC(c1cc(F)cc(Br)c1)C1CC1. The maximum absolute atomic E-state index is 13.5. The van der Waals surface area contributed by atoms with Crippen molar-refractivity contribution in [1.29, 1.82) is 0 Å². The zero-order valence-corrected chi connectivity index (χ0v) is 13.5. The molecule has 0 bridgehead atoms. The molecule has 20 heavy (non-hydrogen) atoms. The number of nitrogens with one attached hydrogen (secondary N) is 1. The summed E-state index contributed by atoms with van der Waals surface area (Å²) in [5, 5.41) is 2.86.